The number of nitrogens with zero attached hydrogens (tertiary/aromatic N) is 5. The number of hydrogen-bond donors (Lipinski definition) is 0. The third-order valence-electron chi connectivity index (χ3n) is 6.13. The van der Waals surface area contributed by atoms with E-state index in [0.717, 1.165) is 23.1 Å². The number of ether oxygens (including phenoxy) is 2. The summed E-state index contributed by atoms with van der Waals surface area (Å²) in [7, 11) is 0. The molecule has 3 aromatic heterocycles. The molecule has 0 saturated carbocycles. The Kier molecular flexibility index (Phi) is 3.98. The number of para-hydroxylation sites is 2. The molecule has 8 heteroatoms. The second-order valence-electron chi connectivity index (χ2n) is 8.05. The van der Waals surface area contributed by atoms with E-state index in [2.05, 4.69) is 6.92 Å². The molecule has 160 valence electrons. The molecule has 32 heavy (non-hydrogen) atoms. The van der Waals surface area contributed by atoms with Gasteiger partial charge in [-0.3, -0.25) is 13.9 Å². The van der Waals surface area contributed by atoms with Crippen LogP contribution in [0.15, 0.2) is 47.3 Å². The fourth-order valence-corrected chi connectivity index (χ4v) is 4.38. The van der Waals surface area contributed by atoms with E-state index in [1.165, 1.54) is 0 Å². The molecule has 4 heterocycles. The quantitative estimate of drug-likeness (QED) is 0.427. The molecule has 2 aromatic carbocycles. The van der Waals surface area contributed by atoms with Gasteiger partial charge in [0, 0.05) is 12.1 Å². The van der Waals surface area contributed by atoms with Crippen molar-refractivity contribution < 1.29 is 9.47 Å². The Bertz CT molecular complexity index is 1600. The first-order valence-corrected chi connectivity index (χ1v) is 10.7. The van der Waals surface area contributed by atoms with Crippen LogP contribution in [0, 0.1) is 6.92 Å². The van der Waals surface area contributed by atoms with Gasteiger partial charge in [-0.05, 0) is 44.5 Å². The molecule has 0 spiro atoms. The number of hydrogen-bond acceptors (Lipinski definition) is 6. The first-order chi connectivity index (χ1) is 15.6. The van der Waals surface area contributed by atoms with Gasteiger partial charge in [0.1, 0.15) is 16.7 Å². The zero-order chi connectivity index (χ0) is 22.0. The van der Waals surface area contributed by atoms with E-state index in [4.69, 9.17) is 24.4 Å². The Labute approximate surface area is 183 Å². The molecule has 0 fully saturated rings. The van der Waals surface area contributed by atoms with Crippen LogP contribution in [0.1, 0.15) is 32.1 Å². The maximum absolute atomic E-state index is 13.7. The molecule has 0 radical (unpaired) electrons. The number of rotatable bonds is 3. The third kappa shape index (κ3) is 2.55. The van der Waals surface area contributed by atoms with Gasteiger partial charge in [0.05, 0.1) is 16.7 Å². The largest absolute Gasteiger partial charge is 0.454 e. The molecule has 0 aliphatic carbocycles. The first kappa shape index (κ1) is 18.8. The van der Waals surface area contributed by atoms with Crippen molar-refractivity contribution in [1.29, 1.82) is 0 Å². The normalized spacial score (nSPS) is 14.0. The molecule has 6 rings (SSSR count). The fraction of sp³-hybridized carbons (Fsp3) is 0.250. The van der Waals surface area contributed by atoms with Crippen LogP contribution in [0.2, 0.25) is 0 Å². The van der Waals surface area contributed by atoms with Gasteiger partial charge >= 0.3 is 0 Å². The van der Waals surface area contributed by atoms with E-state index in [1.54, 1.807) is 4.57 Å². The summed E-state index contributed by atoms with van der Waals surface area (Å²) in [4.78, 5) is 28.3. The van der Waals surface area contributed by atoms with Crippen molar-refractivity contribution in [2.45, 2.75) is 33.2 Å². The molecule has 0 saturated heterocycles. The van der Waals surface area contributed by atoms with Gasteiger partial charge in [0.25, 0.3) is 5.56 Å². The van der Waals surface area contributed by atoms with Crippen LogP contribution < -0.4 is 15.0 Å². The summed E-state index contributed by atoms with van der Waals surface area (Å²) in [5.41, 5.74) is 3.84. The van der Waals surface area contributed by atoms with Gasteiger partial charge in [-0.1, -0.05) is 19.1 Å². The summed E-state index contributed by atoms with van der Waals surface area (Å²) in [5, 5.41) is 0.474. The Balaban J connectivity index is 1.79. The maximum atomic E-state index is 13.7. The minimum absolute atomic E-state index is 0.0248. The summed E-state index contributed by atoms with van der Waals surface area (Å²) in [5.74, 6) is 2.00. The molecule has 1 aliphatic heterocycles. The van der Waals surface area contributed by atoms with Crippen LogP contribution in [0.5, 0.6) is 11.5 Å². The maximum Gasteiger partial charge on any atom is 0.265 e. The van der Waals surface area contributed by atoms with Crippen molar-refractivity contribution in [3.05, 3.63) is 58.6 Å². The molecule has 8 nitrogen and oxygen atoms in total. The van der Waals surface area contributed by atoms with Gasteiger partial charge in [-0.15, -0.1) is 0 Å². The lowest BCUT2D eigenvalue weighted by molar-refractivity contribution is 0.174. The van der Waals surface area contributed by atoms with Crippen molar-refractivity contribution in [3.8, 4) is 17.2 Å². The molecule has 1 atom stereocenters. The molecule has 1 aliphatic rings. The molecular weight excluding hydrogens is 406 g/mol. The van der Waals surface area contributed by atoms with Crippen LogP contribution in [0.4, 0.5) is 0 Å². The Morgan fingerprint density at radius 3 is 2.53 bits per heavy atom. The van der Waals surface area contributed by atoms with Crippen molar-refractivity contribution in [2.24, 2.45) is 0 Å². The third-order valence-corrected chi connectivity index (χ3v) is 6.13. The first-order valence-electron chi connectivity index (χ1n) is 10.7. The molecular formula is C24H21N5O3. The number of aryl methyl sites for hydroxylation is 1. The Morgan fingerprint density at radius 1 is 1.00 bits per heavy atom. The van der Waals surface area contributed by atoms with E-state index >= 15 is 0 Å². The second kappa shape index (κ2) is 6.78. The standard InChI is InChI=1S/C24H21N5O3/c1-4-13(2)28-14(3)25-22-20(24(28)30)21-23(27-17-8-6-5-7-16(17)26-21)29(22)15-9-10-18-19(11-15)32-12-31-18/h5-11,13H,4,12H2,1-3H3. The average molecular weight is 427 g/mol. The van der Waals surface area contributed by atoms with E-state index in [0.29, 0.717) is 39.5 Å². The van der Waals surface area contributed by atoms with Crippen LogP contribution in [-0.2, 0) is 0 Å². The lowest BCUT2D eigenvalue weighted by Crippen LogP contribution is -2.26. The van der Waals surface area contributed by atoms with Gasteiger partial charge in [0.15, 0.2) is 22.8 Å². The smallest absolute Gasteiger partial charge is 0.265 e. The summed E-state index contributed by atoms with van der Waals surface area (Å²) in [6.07, 6.45) is 0.823. The molecule has 1 unspecified atom stereocenters. The second-order valence-corrected chi connectivity index (χ2v) is 8.05. The highest BCUT2D eigenvalue weighted by Crippen LogP contribution is 2.36. The predicted octanol–water partition coefficient (Wildman–Crippen LogP) is 4.29. The van der Waals surface area contributed by atoms with Gasteiger partial charge < -0.3 is 9.47 Å². The minimum Gasteiger partial charge on any atom is -0.454 e. The number of fused-ring (bicyclic) bond motifs is 5. The minimum atomic E-state index is -0.101. The summed E-state index contributed by atoms with van der Waals surface area (Å²) in [6.45, 7) is 6.14. The van der Waals surface area contributed by atoms with E-state index in [9.17, 15) is 4.79 Å². The van der Waals surface area contributed by atoms with Crippen LogP contribution in [0.3, 0.4) is 0 Å². The molecule has 0 bridgehead atoms. The lowest BCUT2D eigenvalue weighted by atomic mass is 10.2. The van der Waals surface area contributed by atoms with Crippen molar-refractivity contribution in [2.75, 3.05) is 6.79 Å². The zero-order valence-corrected chi connectivity index (χ0v) is 18.0. The average Bonchev–Trinajstić information content (AvgIpc) is 3.38. The highest BCUT2D eigenvalue weighted by molar-refractivity contribution is 6.05. The fourth-order valence-electron chi connectivity index (χ4n) is 4.38. The number of aromatic nitrogens is 5. The highest BCUT2D eigenvalue weighted by atomic mass is 16.7. The van der Waals surface area contributed by atoms with Crippen molar-refractivity contribution in [1.82, 2.24) is 24.1 Å². The van der Waals surface area contributed by atoms with E-state index in [-0.39, 0.29) is 18.4 Å². The summed E-state index contributed by atoms with van der Waals surface area (Å²) < 4.78 is 14.7. The summed E-state index contributed by atoms with van der Waals surface area (Å²) >= 11 is 0. The van der Waals surface area contributed by atoms with Gasteiger partial charge in [-0.2, -0.15) is 0 Å². The van der Waals surface area contributed by atoms with Crippen molar-refractivity contribution in [3.63, 3.8) is 0 Å². The molecule has 5 aromatic rings. The van der Waals surface area contributed by atoms with Crippen LogP contribution in [-0.4, -0.2) is 30.9 Å². The monoisotopic (exact) mass is 427 g/mol. The number of benzene rings is 2. The lowest BCUT2D eigenvalue weighted by Gasteiger charge is -2.16. The highest BCUT2D eigenvalue weighted by Gasteiger charge is 2.24. The zero-order valence-electron chi connectivity index (χ0n) is 18.0. The van der Waals surface area contributed by atoms with Gasteiger partial charge in [-0.25, -0.2) is 15.0 Å². The van der Waals surface area contributed by atoms with Crippen LogP contribution >= 0.6 is 0 Å². The van der Waals surface area contributed by atoms with E-state index < -0.39 is 0 Å². The van der Waals surface area contributed by atoms with Gasteiger partial charge in [0.2, 0.25) is 6.79 Å². The molecule has 0 N–H and O–H groups in total. The SMILES string of the molecule is CCC(C)n1c(C)nc2c(c1=O)c1nc3ccccc3nc1n2-c1ccc2c(c1)OCO2. The summed E-state index contributed by atoms with van der Waals surface area (Å²) in [6, 6.07) is 13.3. The van der Waals surface area contributed by atoms with Crippen LogP contribution in [0.25, 0.3) is 38.9 Å². The Morgan fingerprint density at radius 2 is 1.75 bits per heavy atom. The predicted molar refractivity (Wildman–Crippen MR) is 122 cm³/mol. The Hall–Kier alpha value is -3.94. The van der Waals surface area contributed by atoms with E-state index in [1.807, 2.05) is 60.9 Å². The topological polar surface area (TPSA) is 84.1 Å². The van der Waals surface area contributed by atoms with Crippen molar-refractivity contribution >= 4 is 33.2 Å². The molecule has 0 amide bonds.